The lowest BCUT2D eigenvalue weighted by atomic mass is 9.95. The lowest BCUT2D eigenvalue weighted by molar-refractivity contribution is 0.598. The molecule has 2 atom stereocenters. The molecule has 0 aliphatic rings. The third-order valence-corrected chi connectivity index (χ3v) is 4.32. The van der Waals surface area contributed by atoms with Crippen LogP contribution in [0.2, 0.25) is 0 Å². The van der Waals surface area contributed by atoms with Gasteiger partial charge in [-0.05, 0) is 54.1 Å². The summed E-state index contributed by atoms with van der Waals surface area (Å²) in [5.74, 6) is 0.638. The van der Waals surface area contributed by atoms with Crippen molar-refractivity contribution in [2.75, 3.05) is 6.54 Å². The van der Waals surface area contributed by atoms with Gasteiger partial charge in [0.15, 0.2) is 0 Å². The summed E-state index contributed by atoms with van der Waals surface area (Å²) in [6.45, 7) is 9.88. The van der Waals surface area contributed by atoms with Gasteiger partial charge < -0.3 is 5.32 Å². The van der Waals surface area contributed by atoms with Crippen LogP contribution in [0.15, 0.2) is 48.5 Å². The predicted molar refractivity (Wildman–Crippen MR) is 92.7 cm³/mol. The van der Waals surface area contributed by atoms with Crippen molar-refractivity contribution >= 4 is 0 Å². The summed E-state index contributed by atoms with van der Waals surface area (Å²) in [7, 11) is 0. The molecule has 0 saturated carbocycles. The van der Waals surface area contributed by atoms with Crippen molar-refractivity contribution in [3.8, 4) is 11.1 Å². The van der Waals surface area contributed by atoms with Crippen LogP contribution in [0.1, 0.15) is 57.2 Å². The van der Waals surface area contributed by atoms with E-state index in [1.807, 2.05) is 0 Å². The van der Waals surface area contributed by atoms with Crippen LogP contribution in [0.4, 0.5) is 0 Å². The number of hydrogen-bond donors (Lipinski definition) is 1. The number of nitrogens with one attached hydrogen (secondary N) is 1. The smallest absolute Gasteiger partial charge is 0.0291 e. The Balaban J connectivity index is 2.23. The van der Waals surface area contributed by atoms with E-state index in [0.29, 0.717) is 12.0 Å². The lowest BCUT2D eigenvalue weighted by Crippen LogP contribution is -2.17. The monoisotopic (exact) mass is 281 g/mol. The molecule has 0 heterocycles. The molecule has 0 fully saturated rings. The lowest BCUT2D eigenvalue weighted by Gasteiger charge is -2.14. The summed E-state index contributed by atoms with van der Waals surface area (Å²) in [5, 5.41) is 3.47. The minimum absolute atomic E-state index is 0.398. The van der Waals surface area contributed by atoms with Crippen LogP contribution in [0.5, 0.6) is 0 Å². The topological polar surface area (TPSA) is 12.0 Å². The number of hydrogen-bond acceptors (Lipinski definition) is 1. The van der Waals surface area contributed by atoms with Gasteiger partial charge in [0.2, 0.25) is 0 Å². The highest BCUT2D eigenvalue weighted by molar-refractivity contribution is 5.64. The maximum Gasteiger partial charge on any atom is 0.0291 e. The van der Waals surface area contributed by atoms with E-state index in [4.69, 9.17) is 0 Å². The third-order valence-electron chi connectivity index (χ3n) is 4.32. The summed E-state index contributed by atoms with van der Waals surface area (Å²) < 4.78 is 0. The fraction of sp³-hybridized carbons (Fsp3) is 0.400. The third kappa shape index (κ3) is 3.95. The fourth-order valence-electron chi connectivity index (χ4n) is 2.65. The average molecular weight is 281 g/mol. The molecule has 2 rings (SSSR count). The van der Waals surface area contributed by atoms with Crippen molar-refractivity contribution in [3.63, 3.8) is 0 Å². The highest BCUT2D eigenvalue weighted by Gasteiger charge is 2.07. The van der Waals surface area contributed by atoms with Crippen LogP contribution in [0.25, 0.3) is 11.1 Å². The Labute approximate surface area is 129 Å². The summed E-state index contributed by atoms with van der Waals surface area (Å²) in [5.41, 5.74) is 5.37. The molecule has 0 amide bonds. The maximum atomic E-state index is 3.47. The van der Waals surface area contributed by atoms with Crippen LogP contribution >= 0.6 is 0 Å². The van der Waals surface area contributed by atoms with Gasteiger partial charge in [0, 0.05) is 6.04 Å². The SMILES string of the molecule is CCNC(C)c1cccc(-c2ccc(C(C)CC)cc2)c1. The first kappa shape index (κ1) is 15.8. The Morgan fingerprint density at radius 1 is 0.857 bits per heavy atom. The highest BCUT2D eigenvalue weighted by Crippen LogP contribution is 2.26. The van der Waals surface area contributed by atoms with Gasteiger partial charge in [-0.1, -0.05) is 63.2 Å². The molecule has 2 unspecified atom stereocenters. The molecule has 0 aliphatic carbocycles. The van der Waals surface area contributed by atoms with Crippen LogP contribution < -0.4 is 5.32 Å². The van der Waals surface area contributed by atoms with Crippen molar-refractivity contribution in [1.29, 1.82) is 0 Å². The Hall–Kier alpha value is -1.60. The molecule has 0 aliphatic heterocycles. The number of benzene rings is 2. The van der Waals surface area contributed by atoms with Crippen LogP contribution in [-0.2, 0) is 0 Å². The first-order chi connectivity index (χ1) is 10.2. The van der Waals surface area contributed by atoms with Crippen LogP contribution in [-0.4, -0.2) is 6.54 Å². The van der Waals surface area contributed by atoms with E-state index in [1.165, 1.54) is 28.7 Å². The fourth-order valence-corrected chi connectivity index (χ4v) is 2.65. The Bertz CT molecular complexity index is 556. The molecule has 1 heteroatoms. The molecule has 0 spiro atoms. The zero-order valence-electron chi connectivity index (χ0n) is 13.7. The first-order valence-electron chi connectivity index (χ1n) is 8.09. The van der Waals surface area contributed by atoms with Crippen molar-refractivity contribution < 1.29 is 0 Å². The zero-order chi connectivity index (χ0) is 15.2. The molecule has 0 saturated heterocycles. The highest BCUT2D eigenvalue weighted by atomic mass is 14.9. The van der Waals surface area contributed by atoms with E-state index >= 15 is 0 Å². The van der Waals surface area contributed by atoms with E-state index in [9.17, 15) is 0 Å². The van der Waals surface area contributed by atoms with Crippen molar-refractivity contribution in [3.05, 3.63) is 59.7 Å². The summed E-state index contributed by atoms with van der Waals surface area (Å²) >= 11 is 0. The van der Waals surface area contributed by atoms with Gasteiger partial charge in [0.05, 0.1) is 0 Å². The van der Waals surface area contributed by atoms with E-state index in [2.05, 4.69) is 81.5 Å². The molecule has 2 aromatic carbocycles. The van der Waals surface area contributed by atoms with Gasteiger partial charge in [-0.2, -0.15) is 0 Å². The zero-order valence-corrected chi connectivity index (χ0v) is 13.7. The number of rotatable bonds is 6. The molecular weight excluding hydrogens is 254 g/mol. The van der Waals surface area contributed by atoms with Gasteiger partial charge in [-0.3, -0.25) is 0 Å². The van der Waals surface area contributed by atoms with Gasteiger partial charge >= 0.3 is 0 Å². The second kappa shape index (κ2) is 7.42. The van der Waals surface area contributed by atoms with Crippen LogP contribution in [0, 0.1) is 0 Å². The van der Waals surface area contributed by atoms with E-state index in [0.717, 1.165) is 6.54 Å². The molecule has 2 aromatic rings. The summed E-state index contributed by atoms with van der Waals surface area (Å²) in [4.78, 5) is 0. The quantitative estimate of drug-likeness (QED) is 0.733. The first-order valence-corrected chi connectivity index (χ1v) is 8.09. The Kier molecular flexibility index (Phi) is 5.58. The van der Waals surface area contributed by atoms with Crippen molar-refractivity contribution in [2.45, 2.75) is 46.1 Å². The van der Waals surface area contributed by atoms with Gasteiger partial charge in [0.1, 0.15) is 0 Å². The largest absolute Gasteiger partial charge is 0.310 e. The van der Waals surface area contributed by atoms with E-state index in [1.54, 1.807) is 0 Å². The maximum absolute atomic E-state index is 3.47. The normalized spacial score (nSPS) is 13.9. The van der Waals surface area contributed by atoms with Gasteiger partial charge in [-0.25, -0.2) is 0 Å². The van der Waals surface area contributed by atoms with Gasteiger partial charge in [-0.15, -0.1) is 0 Å². The minimum atomic E-state index is 0.398. The average Bonchev–Trinajstić information content (AvgIpc) is 2.54. The minimum Gasteiger partial charge on any atom is -0.310 e. The van der Waals surface area contributed by atoms with E-state index in [-0.39, 0.29) is 0 Å². The van der Waals surface area contributed by atoms with Crippen LogP contribution in [0.3, 0.4) is 0 Å². The molecule has 21 heavy (non-hydrogen) atoms. The molecule has 112 valence electrons. The molecule has 0 radical (unpaired) electrons. The molecule has 0 aromatic heterocycles. The van der Waals surface area contributed by atoms with Crippen molar-refractivity contribution in [1.82, 2.24) is 5.32 Å². The second-order valence-corrected chi connectivity index (χ2v) is 5.84. The Morgan fingerprint density at radius 3 is 2.19 bits per heavy atom. The molecule has 0 bridgehead atoms. The molecule has 1 nitrogen and oxygen atoms in total. The summed E-state index contributed by atoms with van der Waals surface area (Å²) in [6.07, 6.45) is 1.19. The van der Waals surface area contributed by atoms with Gasteiger partial charge in [0.25, 0.3) is 0 Å². The molecule has 1 N–H and O–H groups in total. The second-order valence-electron chi connectivity index (χ2n) is 5.84. The Morgan fingerprint density at radius 2 is 1.57 bits per heavy atom. The molecular formula is C20H27N. The standard InChI is InChI=1S/C20H27N/c1-5-15(3)17-10-12-18(13-11-17)20-9-7-8-19(14-20)16(4)21-6-2/h7-16,21H,5-6H2,1-4H3. The van der Waals surface area contributed by atoms with Crippen molar-refractivity contribution in [2.24, 2.45) is 0 Å². The van der Waals surface area contributed by atoms with E-state index < -0.39 is 0 Å². The predicted octanol–water partition coefficient (Wildman–Crippen LogP) is 5.54. The summed E-state index contributed by atoms with van der Waals surface area (Å²) in [6, 6.07) is 18.3.